The summed E-state index contributed by atoms with van der Waals surface area (Å²) in [6.45, 7) is 4.50. The fourth-order valence-electron chi connectivity index (χ4n) is 8.02. The second kappa shape index (κ2) is 8.04. The highest BCUT2D eigenvalue weighted by atomic mass is 35.5. The summed E-state index contributed by atoms with van der Waals surface area (Å²) in [4.78, 5) is 37.6. The minimum atomic E-state index is -1.70. The van der Waals surface area contributed by atoms with Gasteiger partial charge in [-0.1, -0.05) is 32.4 Å². The van der Waals surface area contributed by atoms with Gasteiger partial charge in [0.05, 0.1) is 16.5 Å². The lowest BCUT2D eigenvalue weighted by atomic mass is 9.46. The molecule has 0 bridgehead atoms. The van der Waals surface area contributed by atoms with Crippen LogP contribution in [0.1, 0.15) is 57.0 Å². The first kappa shape index (κ1) is 24.8. The molecule has 0 saturated heterocycles. The lowest BCUT2D eigenvalue weighted by Gasteiger charge is -2.64. The van der Waals surface area contributed by atoms with Gasteiger partial charge in [0.2, 0.25) is 11.5 Å². The molecule has 35 heavy (non-hydrogen) atoms. The minimum Gasteiger partial charge on any atom is -0.457 e. The Morgan fingerprint density at radius 2 is 2.03 bits per heavy atom. The highest BCUT2D eigenvalue weighted by molar-refractivity contribution is 6.34. The number of Topliss-reactive ketones (excluding diaryl/α,β-unsaturated/α-hetero) is 1. The van der Waals surface area contributed by atoms with Gasteiger partial charge in [-0.2, -0.15) is 0 Å². The molecule has 188 valence electrons. The van der Waals surface area contributed by atoms with Crippen LogP contribution in [-0.4, -0.2) is 40.1 Å². The average molecular weight is 523 g/mol. The molecular weight excluding hydrogens is 494 g/mol. The lowest BCUT2D eigenvalue weighted by molar-refractivity contribution is -0.167. The van der Waals surface area contributed by atoms with Gasteiger partial charge in [-0.05, 0) is 61.8 Å². The fraction of sp³-hybridized carbons (Fsp3) is 0.593. The van der Waals surface area contributed by atoms with E-state index in [0.717, 1.165) is 5.57 Å². The number of hydrogen-bond acceptors (Lipinski definition) is 5. The third kappa shape index (κ3) is 3.02. The quantitative estimate of drug-likeness (QED) is 0.366. The van der Waals surface area contributed by atoms with Crippen LogP contribution in [0.3, 0.4) is 0 Å². The number of esters is 1. The van der Waals surface area contributed by atoms with E-state index in [1.54, 1.807) is 18.2 Å². The zero-order chi connectivity index (χ0) is 25.4. The summed E-state index contributed by atoms with van der Waals surface area (Å²) >= 11 is 14.7. The molecule has 1 aromatic heterocycles. The second-order valence-corrected chi connectivity index (χ2v) is 12.2. The average Bonchev–Trinajstić information content (AvgIpc) is 3.42. The Balaban J connectivity index is 1.61. The lowest BCUT2D eigenvalue weighted by Crippen LogP contribution is -2.68. The molecule has 5 nitrogen and oxygen atoms in total. The first-order chi connectivity index (χ1) is 16.5. The van der Waals surface area contributed by atoms with Gasteiger partial charge in [-0.3, -0.25) is 9.59 Å². The van der Waals surface area contributed by atoms with E-state index in [1.807, 2.05) is 26.8 Å². The standard InChI is InChI=1S/C27H29Cl2FO5/c1-15-11-19-18-7-6-16-12-17(31)8-9-24(16,2)26(18,29)21(28)13-25(19,3)27(15,22(32)14-30)35-23(33)20-5-4-10-34-20/h4-5,8-10,12,15,18-19,21H,6-7,11,13-14H2,1-3H3/t15?,18-,19-,21?,24-,25-,26-,27-/m0/s1. The maximum atomic E-state index is 14.1. The largest absolute Gasteiger partial charge is 0.457 e. The molecule has 0 N–H and O–H groups in total. The molecule has 4 aliphatic carbocycles. The third-order valence-electron chi connectivity index (χ3n) is 9.65. The fourth-order valence-corrected chi connectivity index (χ4v) is 9.26. The van der Waals surface area contributed by atoms with Crippen molar-refractivity contribution in [2.24, 2.45) is 28.6 Å². The van der Waals surface area contributed by atoms with Crippen molar-refractivity contribution in [3.63, 3.8) is 0 Å². The summed E-state index contributed by atoms with van der Waals surface area (Å²) in [5.41, 5.74) is -2.30. The summed E-state index contributed by atoms with van der Waals surface area (Å²) < 4.78 is 25.3. The molecule has 0 amide bonds. The van der Waals surface area contributed by atoms with Gasteiger partial charge >= 0.3 is 5.97 Å². The Bertz CT molecular complexity index is 1140. The van der Waals surface area contributed by atoms with E-state index >= 15 is 0 Å². The highest BCUT2D eigenvalue weighted by Crippen LogP contribution is 2.73. The molecule has 0 spiro atoms. The van der Waals surface area contributed by atoms with E-state index in [2.05, 4.69) is 0 Å². The van der Waals surface area contributed by atoms with E-state index in [-0.39, 0.29) is 29.8 Å². The van der Waals surface area contributed by atoms with Crippen LogP contribution in [0.5, 0.6) is 0 Å². The van der Waals surface area contributed by atoms with Crippen molar-refractivity contribution in [1.82, 2.24) is 0 Å². The molecule has 3 saturated carbocycles. The first-order valence-corrected chi connectivity index (χ1v) is 12.9. The molecule has 8 heteroatoms. The van der Waals surface area contributed by atoms with Gasteiger partial charge < -0.3 is 9.15 Å². The topological polar surface area (TPSA) is 73.6 Å². The van der Waals surface area contributed by atoms with Crippen LogP contribution in [0.2, 0.25) is 0 Å². The zero-order valence-electron chi connectivity index (χ0n) is 20.0. The molecule has 0 aliphatic heterocycles. The number of ether oxygens (including phenoxy) is 1. The molecule has 2 unspecified atom stereocenters. The van der Waals surface area contributed by atoms with Crippen LogP contribution in [-0.2, 0) is 14.3 Å². The van der Waals surface area contributed by atoms with Crippen molar-refractivity contribution in [2.45, 2.75) is 62.3 Å². The van der Waals surface area contributed by atoms with Crippen LogP contribution in [0, 0.1) is 28.6 Å². The summed E-state index contributed by atoms with van der Waals surface area (Å²) in [6, 6.07) is 3.01. The number of alkyl halides is 3. The van der Waals surface area contributed by atoms with E-state index in [9.17, 15) is 18.8 Å². The van der Waals surface area contributed by atoms with Crippen molar-refractivity contribution in [2.75, 3.05) is 6.67 Å². The summed E-state index contributed by atoms with van der Waals surface area (Å²) in [5, 5.41) is -0.624. The predicted molar refractivity (Wildman–Crippen MR) is 129 cm³/mol. The molecule has 0 radical (unpaired) electrons. The van der Waals surface area contributed by atoms with Crippen LogP contribution >= 0.6 is 23.2 Å². The second-order valence-electron chi connectivity index (χ2n) is 11.0. The van der Waals surface area contributed by atoms with Crippen LogP contribution in [0.4, 0.5) is 4.39 Å². The van der Waals surface area contributed by atoms with Gasteiger partial charge in [0.15, 0.2) is 18.1 Å². The Morgan fingerprint density at radius 1 is 1.29 bits per heavy atom. The Morgan fingerprint density at radius 3 is 2.69 bits per heavy atom. The summed E-state index contributed by atoms with van der Waals surface area (Å²) in [6.07, 6.45) is 8.57. The zero-order valence-corrected chi connectivity index (χ0v) is 21.5. The Labute approximate surface area is 214 Å². The number of hydrogen-bond donors (Lipinski definition) is 0. The third-order valence-corrected chi connectivity index (χ3v) is 11.2. The highest BCUT2D eigenvalue weighted by Gasteiger charge is 2.76. The number of furan rings is 1. The number of carbonyl (C=O) groups is 3. The van der Waals surface area contributed by atoms with Crippen LogP contribution in [0.25, 0.3) is 0 Å². The monoisotopic (exact) mass is 522 g/mol. The SMILES string of the molecule is CC1C[C@H]2[C@@H]3CCC4=CC(=O)C=C[C@]4(C)[C@@]3(Cl)C(Cl)C[C@]2(C)[C@@]1(OC(=O)c1ccco1)C(=O)CF. The van der Waals surface area contributed by atoms with Crippen LogP contribution < -0.4 is 0 Å². The molecule has 3 fully saturated rings. The van der Waals surface area contributed by atoms with Gasteiger partial charge in [-0.25, -0.2) is 9.18 Å². The maximum Gasteiger partial charge on any atom is 0.375 e. The van der Waals surface area contributed by atoms with Crippen molar-refractivity contribution < 1.29 is 27.9 Å². The van der Waals surface area contributed by atoms with E-state index in [0.29, 0.717) is 19.3 Å². The molecule has 1 heterocycles. The Hall–Kier alpha value is -1.92. The predicted octanol–water partition coefficient (Wildman–Crippen LogP) is 5.85. The van der Waals surface area contributed by atoms with Crippen molar-refractivity contribution >= 4 is 40.7 Å². The normalized spacial score (nSPS) is 44.2. The van der Waals surface area contributed by atoms with Gasteiger partial charge in [0.1, 0.15) is 0 Å². The molecule has 1 aromatic rings. The van der Waals surface area contributed by atoms with Gasteiger partial charge in [0.25, 0.3) is 0 Å². The summed E-state index contributed by atoms with van der Waals surface area (Å²) in [5.74, 6) is -2.39. The number of halogens is 3. The van der Waals surface area contributed by atoms with Gasteiger partial charge in [-0.15, -0.1) is 23.2 Å². The van der Waals surface area contributed by atoms with Crippen molar-refractivity contribution in [1.29, 1.82) is 0 Å². The molecule has 4 aliphatic rings. The molecule has 8 atom stereocenters. The number of fused-ring (bicyclic) bond motifs is 5. The van der Waals surface area contributed by atoms with E-state index in [4.69, 9.17) is 32.4 Å². The first-order valence-electron chi connectivity index (χ1n) is 12.1. The number of ketones is 2. The smallest absolute Gasteiger partial charge is 0.375 e. The number of allylic oxidation sites excluding steroid dienone is 4. The Kier molecular flexibility index (Phi) is 5.69. The molecular formula is C27H29Cl2FO5. The summed E-state index contributed by atoms with van der Waals surface area (Å²) in [7, 11) is 0. The molecule has 0 aromatic carbocycles. The minimum absolute atomic E-state index is 0.0443. The van der Waals surface area contributed by atoms with Crippen LogP contribution in [0.15, 0.2) is 46.6 Å². The molecule has 5 rings (SSSR count). The van der Waals surface area contributed by atoms with Crippen molar-refractivity contribution in [3.8, 4) is 0 Å². The number of rotatable bonds is 4. The maximum absolute atomic E-state index is 14.1. The van der Waals surface area contributed by atoms with Gasteiger partial charge in [0, 0.05) is 16.7 Å². The van der Waals surface area contributed by atoms with Crippen molar-refractivity contribution in [3.05, 3.63) is 48.0 Å². The number of carbonyl (C=O) groups excluding carboxylic acids is 3. The van der Waals surface area contributed by atoms with E-state index in [1.165, 1.54) is 12.3 Å². The van der Waals surface area contributed by atoms with E-state index < -0.39 is 51.0 Å².